The van der Waals surface area contributed by atoms with Gasteiger partial charge in [-0.2, -0.15) is 0 Å². The van der Waals surface area contributed by atoms with Crippen molar-refractivity contribution in [2.45, 2.75) is 6.92 Å². The maximum absolute atomic E-state index is 11.5. The summed E-state index contributed by atoms with van der Waals surface area (Å²) in [6.45, 7) is 1.49. The molecule has 86 valence electrons. The molecule has 1 aromatic carbocycles. The van der Waals surface area contributed by atoms with Crippen LogP contribution in [0.5, 0.6) is 0 Å². The number of nitrogens with two attached hydrogens (primary N) is 1. The highest BCUT2D eigenvalue weighted by Gasteiger charge is 2.08. The third-order valence-corrected chi connectivity index (χ3v) is 2.51. The predicted molar refractivity (Wildman–Crippen MR) is 66.5 cm³/mol. The van der Waals surface area contributed by atoms with Crippen molar-refractivity contribution >= 4 is 28.8 Å². The fourth-order valence-corrected chi connectivity index (χ4v) is 1.77. The van der Waals surface area contributed by atoms with Crippen molar-refractivity contribution in [3.8, 4) is 0 Å². The summed E-state index contributed by atoms with van der Waals surface area (Å²) in [6.07, 6.45) is 4.60. The van der Waals surface area contributed by atoms with Crippen molar-refractivity contribution in [1.29, 1.82) is 0 Å². The second-order valence-corrected chi connectivity index (χ2v) is 3.73. The number of hydrogen-bond acceptors (Lipinski definition) is 2. The van der Waals surface area contributed by atoms with Crippen LogP contribution in [0.1, 0.15) is 17.3 Å². The molecule has 0 spiro atoms. The number of rotatable bonds is 2. The first-order valence-corrected chi connectivity index (χ1v) is 5.18. The number of primary amides is 1. The predicted octanol–water partition coefficient (Wildman–Crippen LogP) is 1.80. The van der Waals surface area contributed by atoms with Crippen molar-refractivity contribution in [2.24, 2.45) is 5.73 Å². The van der Waals surface area contributed by atoms with Crippen LogP contribution in [0.25, 0.3) is 17.0 Å². The van der Waals surface area contributed by atoms with Crippen LogP contribution in [-0.4, -0.2) is 16.4 Å². The molecule has 1 aromatic heterocycles. The molecule has 0 radical (unpaired) electrons. The van der Waals surface area contributed by atoms with Gasteiger partial charge in [0.1, 0.15) is 0 Å². The molecule has 0 aliphatic carbocycles. The fraction of sp³-hybridized carbons (Fsp3) is 0.0769. The Kier molecular flexibility index (Phi) is 2.78. The second kappa shape index (κ2) is 4.25. The summed E-state index contributed by atoms with van der Waals surface area (Å²) in [5, 5.41) is 0.917. The maximum Gasteiger partial charge on any atom is 0.241 e. The first-order chi connectivity index (χ1) is 8.09. The highest BCUT2D eigenvalue weighted by molar-refractivity contribution is 5.99. The standard InChI is InChI=1S/C13H12N2O2/c1-9(16)15-8-10(6-7-13(14)17)11-4-2-3-5-12(11)15/h2-8H,1H3,(H2,14,17)/b7-6-. The summed E-state index contributed by atoms with van der Waals surface area (Å²) < 4.78 is 1.55. The van der Waals surface area contributed by atoms with E-state index in [9.17, 15) is 9.59 Å². The van der Waals surface area contributed by atoms with E-state index >= 15 is 0 Å². The van der Waals surface area contributed by atoms with Gasteiger partial charge in [-0.15, -0.1) is 0 Å². The van der Waals surface area contributed by atoms with Crippen molar-refractivity contribution in [2.75, 3.05) is 0 Å². The Morgan fingerprint density at radius 3 is 2.65 bits per heavy atom. The van der Waals surface area contributed by atoms with E-state index in [0.29, 0.717) is 0 Å². The molecule has 0 saturated carbocycles. The van der Waals surface area contributed by atoms with E-state index in [1.54, 1.807) is 16.8 Å². The molecule has 0 aliphatic heterocycles. The van der Waals surface area contributed by atoms with Gasteiger partial charge in [0.05, 0.1) is 5.52 Å². The molecule has 2 aromatic rings. The van der Waals surface area contributed by atoms with Crippen LogP contribution in [0.2, 0.25) is 0 Å². The zero-order valence-electron chi connectivity index (χ0n) is 9.38. The lowest BCUT2D eigenvalue weighted by Gasteiger charge is -1.96. The number of benzene rings is 1. The van der Waals surface area contributed by atoms with Crippen LogP contribution in [-0.2, 0) is 4.79 Å². The van der Waals surface area contributed by atoms with Gasteiger partial charge < -0.3 is 5.73 Å². The number of fused-ring (bicyclic) bond motifs is 1. The van der Waals surface area contributed by atoms with Gasteiger partial charge in [0, 0.05) is 30.1 Å². The molecule has 0 aliphatic rings. The SMILES string of the molecule is CC(=O)n1cc(/C=C\C(N)=O)c2ccccc21. The minimum Gasteiger partial charge on any atom is -0.366 e. The summed E-state index contributed by atoms with van der Waals surface area (Å²) in [7, 11) is 0. The quantitative estimate of drug-likeness (QED) is 0.796. The number of para-hydroxylation sites is 1. The summed E-state index contributed by atoms with van der Waals surface area (Å²) in [4.78, 5) is 22.2. The van der Waals surface area contributed by atoms with E-state index in [-0.39, 0.29) is 5.91 Å². The number of amides is 1. The highest BCUT2D eigenvalue weighted by Crippen LogP contribution is 2.22. The van der Waals surface area contributed by atoms with Crippen LogP contribution in [0.4, 0.5) is 0 Å². The Morgan fingerprint density at radius 2 is 2.00 bits per heavy atom. The van der Waals surface area contributed by atoms with Crippen LogP contribution in [0.15, 0.2) is 36.5 Å². The van der Waals surface area contributed by atoms with E-state index in [4.69, 9.17) is 5.73 Å². The lowest BCUT2D eigenvalue weighted by atomic mass is 10.1. The van der Waals surface area contributed by atoms with E-state index in [2.05, 4.69) is 0 Å². The van der Waals surface area contributed by atoms with Crippen LogP contribution < -0.4 is 5.73 Å². The van der Waals surface area contributed by atoms with Gasteiger partial charge in [0.25, 0.3) is 0 Å². The largest absolute Gasteiger partial charge is 0.366 e. The lowest BCUT2D eigenvalue weighted by molar-refractivity contribution is -0.113. The molecule has 1 amide bonds. The Bertz CT molecular complexity index is 623. The minimum absolute atomic E-state index is 0.0695. The summed E-state index contributed by atoms with van der Waals surface area (Å²) in [5.74, 6) is -0.579. The lowest BCUT2D eigenvalue weighted by Crippen LogP contribution is -2.05. The molecule has 4 nitrogen and oxygen atoms in total. The number of carbonyl (C=O) groups is 2. The molecule has 0 bridgehead atoms. The first-order valence-electron chi connectivity index (χ1n) is 5.18. The first kappa shape index (κ1) is 11.1. The van der Waals surface area contributed by atoms with Gasteiger partial charge in [-0.25, -0.2) is 0 Å². The Balaban J connectivity index is 2.64. The van der Waals surface area contributed by atoms with E-state index < -0.39 is 5.91 Å². The molecule has 0 fully saturated rings. The Morgan fingerprint density at radius 1 is 1.29 bits per heavy atom. The molecule has 17 heavy (non-hydrogen) atoms. The average molecular weight is 228 g/mol. The smallest absolute Gasteiger partial charge is 0.241 e. The zero-order chi connectivity index (χ0) is 12.4. The van der Waals surface area contributed by atoms with Crippen molar-refractivity contribution in [3.63, 3.8) is 0 Å². The van der Waals surface area contributed by atoms with Gasteiger partial charge >= 0.3 is 0 Å². The molecular weight excluding hydrogens is 216 g/mol. The van der Waals surface area contributed by atoms with Gasteiger partial charge in [-0.3, -0.25) is 14.2 Å². The Labute approximate surface area is 98.3 Å². The van der Waals surface area contributed by atoms with Crippen LogP contribution >= 0.6 is 0 Å². The van der Waals surface area contributed by atoms with Gasteiger partial charge in [-0.1, -0.05) is 18.2 Å². The summed E-state index contributed by atoms with van der Waals surface area (Å²) >= 11 is 0. The molecule has 1 heterocycles. The van der Waals surface area contributed by atoms with Gasteiger partial charge in [0.15, 0.2) is 0 Å². The van der Waals surface area contributed by atoms with E-state index in [1.165, 1.54) is 13.0 Å². The monoisotopic (exact) mass is 228 g/mol. The molecule has 0 atom stereocenters. The van der Waals surface area contributed by atoms with Gasteiger partial charge in [0.2, 0.25) is 11.8 Å². The topological polar surface area (TPSA) is 65.1 Å². The number of nitrogens with zero attached hydrogens (tertiary/aromatic N) is 1. The zero-order valence-corrected chi connectivity index (χ0v) is 9.38. The molecule has 2 N–H and O–H groups in total. The van der Waals surface area contributed by atoms with E-state index in [0.717, 1.165) is 16.5 Å². The number of carbonyl (C=O) groups excluding carboxylic acids is 2. The van der Waals surface area contributed by atoms with Crippen LogP contribution in [0, 0.1) is 0 Å². The summed E-state index contributed by atoms with van der Waals surface area (Å²) in [6, 6.07) is 7.51. The molecule has 0 unspecified atom stereocenters. The minimum atomic E-state index is -0.510. The average Bonchev–Trinajstić information content (AvgIpc) is 2.65. The summed E-state index contributed by atoms with van der Waals surface area (Å²) in [5.41, 5.74) is 6.68. The molecule has 2 rings (SSSR count). The van der Waals surface area contributed by atoms with Crippen LogP contribution in [0.3, 0.4) is 0 Å². The number of aromatic nitrogens is 1. The van der Waals surface area contributed by atoms with Crippen molar-refractivity contribution < 1.29 is 9.59 Å². The third-order valence-electron chi connectivity index (χ3n) is 2.51. The second-order valence-electron chi connectivity index (χ2n) is 3.73. The maximum atomic E-state index is 11.5. The molecule has 4 heteroatoms. The van der Waals surface area contributed by atoms with E-state index in [1.807, 2.05) is 24.3 Å². The highest BCUT2D eigenvalue weighted by atomic mass is 16.2. The Hall–Kier alpha value is -2.36. The van der Waals surface area contributed by atoms with Gasteiger partial charge in [-0.05, 0) is 12.1 Å². The van der Waals surface area contributed by atoms with Crippen molar-refractivity contribution in [3.05, 3.63) is 42.1 Å². The number of hydrogen-bond donors (Lipinski definition) is 1. The third kappa shape index (κ3) is 2.10. The van der Waals surface area contributed by atoms with Crippen molar-refractivity contribution in [1.82, 2.24) is 4.57 Å². The fourth-order valence-electron chi connectivity index (χ4n) is 1.77. The molecule has 0 saturated heterocycles. The normalized spacial score (nSPS) is 11.1. The molecular formula is C13H12N2O2.